The van der Waals surface area contributed by atoms with Gasteiger partial charge in [0.15, 0.2) is 0 Å². The fourth-order valence-electron chi connectivity index (χ4n) is 4.62. The van der Waals surface area contributed by atoms with Crippen LogP contribution >= 0.6 is 0 Å². The number of carbonyl (C=O) groups excluding carboxylic acids is 1. The molecule has 0 bridgehead atoms. The predicted octanol–water partition coefficient (Wildman–Crippen LogP) is 3.56. The molecule has 2 aliphatic rings. The van der Waals surface area contributed by atoms with Crippen LogP contribution < -0.4 is 5.32 Å². The Kier molecular flexibility index (Phi) is 5.15. The van der Waals surface area contributed by atoms with Gasteiger partial charge in [-0.1, -0.05) is 48.5 Å². The zero-order valence-electron chi connectivity index (χ0n) is 17.0. The van der Waals surface area contributed by atoms with Gasteiger partial charge in [-0.05, 0) is 41.7 Å². The topological polar surface area (TPSA) is 57.5 Å². The smallest absolute Gasteiger partial charge is 0.268 e. The average molecular weight is 402 g/mol. The Morgan fingerprint density at radius 1 is 0.967 bits per heavy atom. The number of β-amino-alcohol motifs (C(OH)–C–C–N with tert-alkyl or cyclic N) is 1. The van der Waals surface area contributed by atoms with Gasteiger partial charge in [0.05, 0.1) is 12.1 Å². The number of amides is 1. The van der Waals surface area contributed by atoms with Crippen molar-refractivity contribution in [2.45, 2.75) is 25.0 Å². The molecule has 0 spiro atoms. The van der Waals surface area contributed by atoms with Gasteiger partial charge < -0.3 is 19.9 Å². The van der Waals surface area contributed by atoms with Crippen molar-refractivity contribution in [2.24, 2.45) is 0 Å². The molecule has 5 rings (SSSR count). The molecule has 1 unspecified atom stereocenters. The van der Waals surface area contributed by atoms with Crippen LogP contribution in [-0.4, -0.2) is 52.8 Å². The molecular weight excluding hydrogens is 374 g/mol. The Morgan fingerprint density at radius 2 is 1.73 bits per heavy atom. The minimum atomic E-state index is -0.193. The van der Waals surface area contributed by atoms with Crippen LogP contribution in [0.1, 0.15) is 29.4 Å². The SMILES string of the molecule is O=C1NCC(CCN2CC[C@H](O)C2)n2cc(-c3cccc(-c4ccccc4)c3)cc21. The van der Waals surface area contributed by atoms with Crippen LogP contribution in [0, 0.1) is 0 Å². The van der Waals surface area contributed by atoms with Crippen molar-refractivity contribution >= 4 is 5.91 Å². The third kappa shape index (κ3) is 3.78. The standard InChI is InChI=1S/C25H27N3O2/c29-23-10-12-27(17-23)11-9-22-15-26-25(30)24-14-21(16-28(22)24)20-8-4-7-19(13-20)18-5-2-1-3-6-18/h1-8,13-14,16,22-23,29H,9-12,15,17H2,(H,26,30)/t22?,23-/m0/s1. The fraction of sp³-hybridized carbons (Fsp3) is 0.320. The van der Waals surface area contributed by atoms with Crippen molar-refractivity contribution in [3.05, 3.63) is 72.6 Å². The van der Waals surface area contributed by atoms with E-state index in [9.17, 15) is 9.90 Å². The molecule has 1 fully saturated rings. The molecule has 1 aromatic heterocycles. The van der Waals surface area contributed by atoms with Gasteiger partial charge in [0, 0.05) is 37.9 Å². The molecule has 1 amide bonds. The highest BCUT2D eigenvalue weighted by molar-refractivity contribution is 5.95. The molecule has 3 aromatic rings. The highest BCUT2D eigenvalue weighted by Gasteiger charge is 2.27. The lowest BCUT2D eigenvalue weighted by atomic mass is 10.0. The first-order valence-corrected chi connectivity index (χ1v) is 10.7. The van der Waals surface area contributed by atoms with Gasteiger partial charge in [0.2, 0.25) is 0 Å². The number of aliphatic hydroxyl groups excluding tert-OH is 1. The van der Waals surface area contributed by atoms with E-state index in [0.717, 1.165) is 49.3 Å². The maximum Gasteiger partial charge on any atom is 0.268 e. The Hall–Kier alpha value is -2.89. The van der Waals surface area contributed by atoms with Gasteiger partial charge in [0.25, 0.3) is 5.91 Å². The number of aliphatic hydroxyl groups is 1. The molecule has 0 aliphatic carbocycles. The zero-order chi connectivity index (χ0) is 20.5. The lowest BCUT2D eigenvalue weighted by Crippen LogP contribution is -2.39. The summed E-state index contributed by atoms with van der Waals surface area (Å²) < 4.78 is 2.15. The number of fused-ring (bicyclic) bond motifs is 1. The molecule has 2 atom stereocenters. The van der Waals surface area contributed by atoms with Crippen LogP contribution in [0.3, 0.4) is 0 Å². The summed E-state index contributed by atoms with van der Waals surface area (Å²) in [5.41, 5.74) is 5.28. The van der Waals surface area contributed by atoms with Crippen LogP contribution in [0.2, 0.25) is 0 Å². The van der Waals surface area contributed by atoms with Crippen LogP contribution in [0.15, 0.2) is 66.9 Å². The van der Waals surface area contributed by atoms with E-state index < -0.39 is 0 Å². The van der Waals surface area contributed by atoms with E-state index in [0.29, 0.717) is 6.54 Å². The minimum absolute atomic E-state index is 0.00620. The van der Waals surface area contributed by atoms with Gasteiger partial charge >= 0.3 is 0 Å². The summed E-state index contributed by atoms with van der Waals surface area (Å²) >= 11 is 0. The Bertz CT molecular complexity index is 1040. The van der Waals surface area contributed by atoms with E-state index in [1.807, 2.05) is 24.3 Å². The van der Waals surface area contributed by atoms with Crippen molar-refractivity contribution in [3.63, 3.8) is 0 Å². The first kappa shape index (κ1) is 19.1. The summed E-state index contributed by atoms with van der Waals surface area (Å²) in [5, 5.41) is 12.8. The van der Waals surface area contributed by atoms with Gasteiger partial charge in [-0.25, -0.2) is 0 Å². The Balaban J connectivity index is 1.40. The largest absolute Gasteiger partial charge is 0.392 e. The van der Waals surface area contributed by atoms with Crippen LogP contribution in [0.4, 0.5) is 0 Å². The zero-order valence-corrected chi connectivity index (χ0v) is 17.0. The average Bonchev–Trinajstić information content (AvgIpc) is 3.41. The van der Waals surface area contributed by atoms with Crippen molar-refractivity contribution in [2.75, 3.05) is 26.2 Å². The lowest BCUT2D eigenvalue weighted by molar-refractivity contribution is 0.0910. The van der Waals surface area contributed by atoms with Crippen LogP contribution in [-0.2, 0) is 0 Å². The Labute approximate surface area is 177 Å². The summed E-state index contributed by atoms with van der Waals surface area (Å²) in [6.07, 6.45) is 3.75. The molecule has 5 nitrogen and oxygen atoms in total. The minimum Gasteiger partial charge on any atom is -0.392 e. The quantitative estimate of drug-likeness (QED) is 0.687. The summed E-state index contributed by atoms with van der Waals surface area (Å²) in [5.74, 6) is -0.00620. The summed E-state index contributed by atoms with van der Waals surface area (Å²) in [4.78, 5) is 14.8. The van der Waals surface area contributed by atoms with Crippen molar-refractivity contribution in [3.8, 4) is 22.3 Å². The summed E-state index contributed by atoms with van der Waals surface area (Å²) in [6.45, 7) is 3.31. The molecule has 2 aromatic carbocycles. The van der Waals surface area contributed by atoms with E-state index in [1.165, 1.54) is 11.1 Å². The van der Waals surface area contributed by atoms with Gasteiger partial charge in [0.1, 0.15) is 5.69 Å². The molecular formula is C25H27N3O2. The molecule has 0 radical (unpaired) electrons. The van der Waals surface area contributed by atoms with E-state index in [4.69, 9.17) is 0 Å². The number of hydrogen-bond donors (Lipinski definition) is 2. The highest BCUT2D eigenvalue weighted by Crippen LogP contribution is 2.31. The van der Waals surface area contributed by atoms with E-state index >= 15 is 0 Å². The second kappa shape index (κ2) is 8.09. The first-order chi connectivity index (χ1) is 14.7. The van der Waals surface area contributed by atoms with Crippen molar-refractivity contribution in [1.29, 1.82) is 0 Å². The molecule has 154 valence electrons. The fourth-order valence-corrected chi connectivity index (χ4v) is 4.62. The van der Waals surface area contributed by atoms with Crippen molar-refractivity contribution < 1.29 is 9.90 Å². The summed E-state index contributed by atoms with van der Waals surface area (Å²) in [6, 6.07) is 21.1. The molecule has 0 saturated carbocycles. The summed E-state index contributed by atoms with van der Waals surface area (Å²) in [7, 11) is 0. The lowest BCUT2D eigenvalue weighted by Gasteiger charge is -2.28. The maximum atomic E-state index is 12.5. The number of nitrogens with one attached hydrogen (secondary N) is 1. The molecule has 2 aliphatic heterocycles. The first-order valence-electron chi connectivity index (χ1n) is 10.7. The van der Waals surface area contributed by atoms with E-state index in [-0.39, 0.29) is 18.1 Å². The Morgan fingerprint density at radius 3 is 2.50 bits per heavy atom. The highest BCUT2D eigenvalue weighted by atomic mass is 16.3. The maximum absolute atomic E-state index is 12.5. The predicted molar refractivity (Wildman–Crippen MR) is 118 cm³/mol. The molecule has 2 N–H and O–H groups in total. The third-order valence-electron chi connectivity index (χ3n) is 6.30. The van der Waals surface area contributed by atoms with Gasteiger partial charge in [-0.2, -0.15) is 0 Å². The number of hydrogen-bond acceptors (Lipinski definition) is 3. The number of likely N-dealkylation sites (tertiary alicyclic amines) is 1. The molecule has 30 heavy (non-hydrogen) atoms. The van der Waals surface area contributed by atoms with Crippen molar-refractivity contribution in [1.82, 2.24) is 14.8 Å². The van der Waals surface area contributed by atoms with Crippen LogP contribution in [0.25, 0.3) is 22.3 Å². The number of aromatic nitrogens is 1. The molecule has 1 saturated heterocycles. The second-order valence-corrected chi connectivity index (χ2v) is 8.36. The number of benzene rings is 2. The number of carbonyl (C=O) groups is 1. The number of nitrogens with zero attached hydrogens (tertiary/aromatic N) is 2. The monoisotopic (exact) mass is 401 g/mol. The van der Waals surface area contributed by atoms with Crippen LogP contribution in [0.5, 0.6) is 0 Å². The van der Waals surface area contributed by atoms with Gasteiger partial charge in [-0.3, -0.25) is 4.79 Å². The molecule has 3 heterocycles. The molecule has 5 heteroatoms. The normalized spacial score (nSPS) is 21.4. The second-order valence-electron chi connectivity index (χ2n) is 8.36. The third-order valence-corrected chi connectivity index (χ3v) is 6.30. The van der Waals surface area contributed by atoms with E-state index in [1.54, 1.807) is 0 Å². The number of rotatable bonds is 5. The van der Waals surface area contributed by atoms with E-state index in [2.05, 4.69) is 57.4 Å². The van der Waals surface area contributed by atoms with Gasteiger partial charge in [-0.15, -0.1) is 0 Å².